The summed E-state index contributed by atoms with van der Waals surface area (Å²) in [5, 5.41) is 22.8. The highest BCUT2D eigenvalue weighted by Gasteiger charge is 2.18. The third-order valence-electron chi connectivity index (χ3n) is 6.51. The van der Waals surface area contributed by atoms with Gasteiger partial charge in [0.15, 0.2) is 6.17 Å². The number of hydrogen-bond donors (Lipinski definition) is 7. The third kappa shape index (κ3) is 32.5. The minimum Gasteiger partial charge on any atom is -0.481 e. The molecule has 1 atom stereocenters. The second-order valence-corrected chi connectivity index (χ2v) is 10.7. The van der Waals surface area contributed by atoms with Crippen LogP contribution in [0, 0.1) is 0 Å². The first kappa shape index (κ1) is 43.1. The Morgan fingerprint density at radius 1 is 0.565 bits per heavy atom. The van der Waals surface area contributed by atoms with Crippen LogP contribution in [0.5, 0.6) is 0 Å². The predicted molar refractivity (Wildman–Crippen MR) is 168 cm³/mol. The molecule has 0 fully saturated rings. The average molecular weight is 664 g/mol. The number of rotatable bonds is 35. The standard InChI is InChI=1S/C30H57N5O11/c31-25(36)23-45-21-19-43-17-15-32-29(30(41)42)34-27(38)24-46-22-20-44-18-16-33-35-26(37)13-11-9-7-5-3-1-2-4-6-8-10-12-14-28(39)40/h29,32-33H,1-24H2,(H2,31,36)(H,34,38)(H,35,37)(H,39,40)(H,41,42). The number of unbranched alkanes of at least 4 members (excludes halogenated alkanes) is 11. The van der Waals surface area contributed by atoms with Crippen molar-refractivity contribution in [1.29, 1.82) is 0 Å². The minimum atomic E-state index is -1.31. The molecular formula is C30H57N5O11. The number of carbonyl (C=O) groups is 5. The molecule has 268 valence electrons. The summed E-state index contributed by atoms with van der Waals surface area (Å²) in [7, 11) is 0. The number of carboxylic acid groups (broad SMARTS) is 2. The van der Waals surface area contributed by atoms with Crippen LogP contribution < -0.4 is 27.2 Å². The first-order valence-corrected chi connectivity index (χ1v) is 16.3. The summed E-state index contributed by atoms with van der Waals surface area (Å²) in [6, 6.07) is 0. The molecule has 0 aromatic heterocycles. The van der Waals surface area contributed by atoms with Gasteiger partial charge in [-0.1, -0.05) is 64.2 Å². The van der Waals surface area contributed by atoms with Crippen LogP contribution in [0.4, 0.5) is 0 Å². The second kappa shape index (κ2) is 32.1. The lowest BCUT2D eigenvalue weighted by Crippen LogP contribution is -2.52. The molecule has 0 bridgehead atoms. The van der Waals surface area contributed by atoms with Gasteiger partial charge in [-0.3, -0.25) is 29.9 Å². The summed E-state index contributed by atoms with van der Waals surface area (Å²) >= 11 is 0. The molecule has 0 aliphatic carbocycles. The monoisotopic (exact) mass is 663 g/mol. The van der Waals surface area contributed by atoms with E-state index in [9.17, 15) is 29.1 Å². The van der Waals surface area contributed by atoms with Crippen molar-refractivity contribution in [2.24, 2.45) is 5.73 Å². The number of hydrazine groups is 1. The number of amides is 3. The van der Waals surface area contributed by atoms with E-state index in [2.05, 4.69) is 21.5 Å². The summed E-state index contributed by atoms with van der Waals surface area (Å²) in [5.41, 5.74) is 10.4. The Morgan fingerprint density at radius 3 is 1.57 bits per heavy atom. The van der Waals surface area contributed by atoms with Crippen LogP contribution in [0.15, 0.2) is 0 Å². The molecule has 0 saturated carbocycles. The fourth-order valence-electron chi connectivity index (χ4n) is 4.13. The molecule has 1 unspecified atom stereocenters. The molecule has 0 aromatic carbocycles. The van der Waals surface area contributed by atoms with Crippen molar-refractivity contribution in [1.82, 2.24) is 21.5 Å². The van der Waals surface area contributed by atoms with Gasteiger partial charge in [0, 0.05) is 25.9 Å². The van der Waals surface area contributed by atoms with Crippen LogP contribution in [0.3, 0.4) is 0 Å². The summed E-state index contributed by atoms with van der Waals surface area (Å²) < 4.78 is 20.7. The third-order valence-corrected chi connectivity index (χ3v) is 6.51. The van der Waals surface area contributed by atoms with Crippen molar-refractivity contribution in [2.75, 3.05) is 65.9 Å². The van der Waals surface area contributed by atoms with Gasteiger partial charge >= 0.3 is 11.9 Å². The fraction of sp³-hybridized carbons (Fsp3) is 0.833. The smallest absolute Gasteiger partial charge is 0.341 e. The lowest BCUT2D eigenvalue weighted by atomic mass is 10.0. The molecule has 16 nitrogen and oxygen atoms in total. The van der Waals surface area contributed by atoms with Crippen molar-refractivity contribution in [3.05, 3.63) is 0 Å². The maximum absolute atomic E-state index is 12.0. The van der Waals surface area contributed by atoms with E-state index in [-0.39, 0.29) is 65.1 Å². The molecular weight excluding hydrogens is 606 g/mol. The molecule has 0 aromatic rings. The van der Waals surface area contributed by atoms with Crippen LogP contribution in [-0.4, -0.2) is 112 Å². The number of nitrogens with two attached hydrogens (primary N) is 1. The Bertz CT molecular complexity index is 820. The largest absolute Gasteiger partial charge is 0.481 e. The fourth-order valence-corrected chi connectivity index (χ4v) is 4.13. The lowest BCUT2D eigenvalue weighted by Gasteiger charge is -2.16. The number of carboxylic acids is 2. The first-order chi connectivity index (χ1) is 22.2. The first-order valence-electron chi connectivity index (χ1n) is 16.3. The van der Waals surface area contributed by atoms with Gasteiger partial charge in [0.25, 0.3) is 0 Å². The molecule has 3 amide bonds. The molecule has 0 aliphatic rings. The van der Waals surface area contributed by atoms with E-state index in [0.29, 0.717) is 19.6 Å². The Hall–Kier alpha value is -2.89. The minimum absolute atomic E-state index is 0.0638. The Labute approximate surface area is 272 Å². The van der Waals surface area contributed by atoms with E-state index in [1.165, 1.54) is 38.5 Å². The summed E-state index contributed by atoms with van der Waals surface area (Å²) in [6.07, 6.45) is 12.6. The second-order valence-electron chi connectivity index (χ2n) is 10.7. The van der Waals surface area contributed by atoms with E-state index < -0.39 is 29.9 Å². The number of primary amides is 1. The number of nitrogens with one attached hydrogen (secondary N) is 4. The van der Waals surface area contributed by atoms with Crippen LogP contribution in [0.1, 0.15) is 89.9 Å². The highest BCUT2D eigenvalue weighted by molar-refractivity contribution is 5.83. The zero-order valence-corrected chi connectivity index (χ0v) is 27.2. The quantitative estimate of drug-likeness (QED) is 0.0283. The van der Waals surface area contributed by atoms with Gasteiger partial charge in [0.05, 0.1) is 39.6 Å². The SMILES string of the molecule is NC(=O)COCCOCCNC(NC(=O)COCCOCCNNC(=O)CCCCCCCCCCCCCCC(=O)O)C(=O)O. The van der Waals surface area contributed by atoms with Gasteiger partial charge in [-0.05, 0) is 12.8 Å². The average Bonchev–Trinajstić information content (AvgIpc) is 3.00. The highest BCUT2D eigenvalue weighted by atomic mass is 16.5. The zero-order chi connectivity index (χ0) is 34.1. The zero-order valence-electron chi connectivity index (χ0n) is 27.2. The molecule has 46 heavy (non-hydrogen) atoms. The van der Waals surface area contributed by atoms with Gasteiger partial charge < -0.3 is 40.2 Å². The van der Waals surface area contributed by atoms with Gasteiger partial charge in [0.2, 0.25) is 17.7 Å². The maximum atomic E-state index is 12.0. The molecule has 0 aliphatic heterocycles. The Morgan fingerprint density at radius 2 is 1.04 bits per heavy atom. The number of hydrogen-bond acceptors (Lipinski definition) is 11. The molecule has 0 rings (SSSR count). The Kier molecular flexibility index (Phi) is 30.1. The molecule has 0 heterocycles. The van der Waals surface area contributed by atoms with E-state index >= 15 is 0 Å². The van der Waals surface area contributed by atoms with Gasteiger partial charge in [-0.2, -0.15) is 0 Å². The summed E-state index contributed by atoms with van der Waals surface area (Å²) in [6.45, 7) is 1.23. The molecule has 16 heteroatoms. The number of ether oxygens (including phenoxy) is 4. The Balaban J connectivity index is 3.51. The van der Waals surface area contributed by atoms with Crippen LogP contribution in [-0.2, 0) is 42.9 Å². The van der Waals surface area contributed by atoms with Crippen LogP contribution in [0.25, 0.3) is 0 Å². The molecule has 8 N–H and O–H groups in total. The van der Waals surface area contributed by atoms with Crippen molar-refractivity contribution >= 4 is 29.7 Å². The van der Waals surface area contributed by atoms with Gasteiger partial charge in [0.1, 0.15) is 13.2 Å². The van der Waals surface area contributed by atoms with E-state index in [1.807, 2.05) is 0 Å². The molecule has 0 saturated heterocycles. The van der Waals surface area contributed by atoms with Crippen molar-refractivity contribution in [3.8, 4) is 0 Å². The van der Waals surface area contributed by atoms with E-state index in [1.54, 1.807) is 0 Å². The lowest BCUT2D eigenvalue weighted by molar-refractivity contribution is -0.143. The maximum Gasteiger partial charge on any atom is 0.341 e. The predicted octanol–water partition coefficient (Wildman–Crippen LogP) is 0.821. The van der Waals surface area contributed by atoms with Crippen molar-refractivity contribution in [3.63, 3.8) is 0 Å². The van der Waals surface area contributed by atoms with Gasteiger partial charge in [-0.25, -0.2) is 10.2 Å². The van der Waals surface area contributed by atoms with Crippen LogP contribution in [0.2, 0.25) is 0 Å². The van der Waals surface area contributed by atoms with Crippen molar-refractivity contribution in [2.45, 2.75) is 96.1 Å². The van der Waals surface area contributed by atoms with Crippen molar-refractivity contribution < 1.29 is 53.1 Å². The summed E-state index contributed by atoms with van der Waals surface area (Å²) in [4.78, 5) is 56.2. The number of aliphatic carboxylic acids is 2. The van der Waals surface area contributed by atoms with Crippen LogP contribution >= 0.6 is 0 Å². The summed E-state index contributed by atoms with van der Waals surface area (Å²) in [5.74, 6) is -3.23. The van der Waals surface area contributed by atoms with E-state index in [0.717, 1.165) is 38.5 Å². The molecule has 0 spiro atoms. The molecule has 0 radical (unpaired) electrons. The normalized spacial score (nSPS) is 11.7. The number of carbonyl (C=O) groups excluding carboxylic acids is 3. The van der Waals surface area contributed by atoms with Gasteiger partial charge in [-0.15, -0.1) is 0 Å². The topological polar surface area (TPSA) is 237 Å². The van der Waals surface area contributed by atoms with E-state index in [4.69, 9.17) is 29.8 Å². The highest BCUT2D eigenvalue weighted by Crippen LogP contribution is 2.13.